The van der Waals surface area contributed by atoms with Crippen LogP contribution >= 0.6 is 0 Å². The zero-order valence-corrected chi connectivity index (χ0v) is 12.2. The third-order valence-electron chi connectivity index (χ3n) is 2.31. The standard InChI is InChI=1S/C12H21NO7/c1-5-9(10(15)16)20-11(17)12(19-8-14)18-7-6-13(2,3)4/h8-9,12H,5-7H2,1-4H3/p+1. The molecule has 1 N–H and O–H groups in total. The predicted octanol–water partition coefficient (Wildman–Crippen LogP) is -0.385. The highest BCUT2D eigenvalue weighted by atomic mass is 16.7. The van der Waals surface area contributed by atoms with Crippen molar-refractivity contribution in [2.24, 2.45) is 0 Å². The molecule has 0 aromatic heterocycles. The molecule has 8 nitrogen and oxygen atoms in total. The van der Waals surface area contributed by atoms with Crippen LogP contribution in [0.5, 0.6) is 0 Å². The van der Waals surface area contributed by atoms with Gasteiger partial charge >= 0.3 is 18.2 Å². The molecule has 0 rings (SSSR count). The van der Waals surface area contributed by atoms with Crippen molar-refractivity contribution < 1.29 is 38.2 Å². The molecule has 2 atom stereocenters. The SMILES string of the molecule is CCC(OC(=O)C(OC=O)OCC[N+](C)(C)C)C(=O)O. The summed E-state index contributed by atoms with van der Waals surface area (Å²) in [6.45, 7) is 2.34. The molecule has 116 valence electrons. The number of rotatable bonds is 10. The number of quaternary nitrogens is 1. The second-order valence-corrected chi connectivity index (χ2v) is 5.12. The van der Waals surface area contributed by atoms with Gasteiger partial charge in [-0.25, -0.2) is 9.59 Å². The van der Waals surface area contributed by atoms with E-state index in [-0.39, 0.29) is 19.5 Å². The Bertz CT molecular complexity index is 337. The summed E-state index contributed by atoms with van der Waals surface area (Å²) in [5.41, 5.74) is 0. The van der Waals surface area contributed by atoms with Crippen molar-refractivity contribution in [2.75, 3.05) is 34.3 Å². The minimum absolute atomic E-state index is 0.0552. The lowest BCUT2D eigenvalue weighted by Gasteiger charge is -2.24. The summed E-state index contributed by atoms with van der Waals surface area (Å²) in [5.74, 6) is -2.30. The Morgan fingerprint density at radius 3 is 2.30 bits per heavy atom. The molecule has 0 aromatic carbocycles. The maximum atomic E-state index is 11.7. The van der Waals surface area contributed by atoms with Gasteiger partial charge in [0.05, 0.1) is 21.1 Å². The number of carbonyl (C=O) groups excluding carboxylic acids is 2. The highest BCUT2D eigenvalue weighted by Gasteiger charge is 2.28. The zero-order valence-electron chi connectivity index (χ0n) is 12.2. The molecule has 20 heavy (non-hydrogen) atoms. The molecule has 0 saturated carbocycles. The summed E-state index contributed by atoms with van der Waals surface area (Å²) in [5, 5.41) is 8.79. The molecule has 0 aromatic rings. The third kappa shape index (κ3) is 7.70. The van der Waals surface area contributed by atoms with Crippen LogP contribution in [0.15, 0.2) is 0 Å². The average molecular weight is 292 g/mol. The summed E-state index contributed by atoms with van der Waals surface area (Å²) in [6, 6.07) is 0. The number of ether oxygens (including phenoxy) is 3. The summed E-state index contributed by atoms with van der Waals surface area (Å²) in [7, 11) is 5.78. The van der Waals surface area contributed by atoms with Gasteiger partial charge in [-0.1, -0.05) is 6.92 Å². The Balaban J connectivity index is 4.46. The Kier molecular flexibility index (Phi) is 7.78. The minimum Gasteiger partial charge on any atom is -0.479 e. The number of carboxylic acids is 1. The molecule has 0 saturated heterocycles. The summed E-state index contributed by atoms with van der Waals surface area (Å²) < 4.78 is 14.9. The molecule has 0 aliphatic heterocycles. The van der Waals surface area contributed by atoms with Crippen molar-refractivity contribution in [1.82, 2.24) is 0 Å². The Labute approximate surface area is 117 Å². The van der Waals surface area contributed by atoms with Crippen LogP contribution < -0.4 is 0 Å². The fraction of sp³-hybridized carbons (Fsp3) is 0.750. The molecule has 0 aliphatic carbocycles. The van der Waals surface area contributed by atoms with E-state index < -0.39 is 24.3 Å². The van der Waals surface area contributed by atoms with Crippen LogP contribution in [0.25, 0.3) is 0 Å². The maximum absolute atomic E-state index is 11.7. The smallest absolute Gasteiger partial charge is 0.377 e. The lowest BCUT2D eigenvalue weighted by Crippen LogP contribution is -2.40. The van der Waals surface area contributed by atoms with Crippen molar-refractivity contribution in [2.45, 2.75) is 25.7 Å². The highest BCUT2D eigenvalue weighted by molar-refractivity contribution is 5.80. The van der Waals surface area contributed by atoms with Crippen molar-refractivity contribution in [3.63, 3.8) is 0 Å². The number of hydrogen-bond donors (Lipinski definition) is 1. The number of esters is 1. The van der Waals surface area contributed by atoms with E-state index in [1.807, 2.05) is 21.1 Å². The van der Waals surface area contributed by atoms with Gasteiger partial charge in [0.2, 0.25) is 0 Å². The van der Waals surface area contributed by atoms with Gasteiger partial charge in [-0.3, -0.25) is 4.79 Å². The molecular formula is C12H22NO7+. The van der Waals surface area contributed by atoms with Gasteiger partial charge in [0.1, 0.15) is 13.2 Å². The summed E-state index contributed by atoms with van der Waals surface area (Å²) in [4.78, 5) is 32.8. The van der Waals surface area contributed by atoms with Gasteiger partial charge < -0.3 is 23.8 Å². The number of aliphatic carboxylic acids is 1. The van der Waals surface area contributed by atoms with Gasteiger partial charge in [-0.15, -0.1) is 0 Å². The first-order valence-electron chi connectivity index (χ1n) is 6.15. The van der Waals surface area contributed by atoms with Crippen molar-refractivity contribution in [3.8, 4) is 0 Å². The number of hydrogen-bond acceptors (Lipinski definition) is 6. The molecule has 0 fully saturated rings. The van der Waals surface area contributed by atoms with Gasteiger partial charge in [0.15, 0.2) is 6.10 Å². The lowest BCUT2D eigenvalue weighted by molar-refractivity contribution is -0.870. The van der Waals surface area contributed by atoms with E-state index in [2.05, 4.69) is 4.74 Å². The zero-order chi connectivity index (χ0) is 15.8. The molecule has 8 heteroatoms. The second kappa shape index (κ2) is 8.49. The molecular weight excluding hydrogens is 270 g/mol. The summed E-state index contributed by atoms with van der Waals surface area (Å²) >= 11 is 0. The normalized spacial score (nSPS) is 14.2. The fourth-order valence-corrected chi connectivity index (χ4v) is 1.15. The molecule has 0 aliphatic rings. The Morgan fingerprint density at radius 1 is 1.30 bits per heavy atom. The second-order valence-electron chi connectivity index (χ2n) is 5.12. The van der Waals surface area contributed by atoms with Crippen LogP contribution in [0.4, 0.5) is 0 Å². The average Bonchev–Trinajstić information content (AvgIpc) is 2.32. The van der Waals surface area contributed by atoms with Gasteiger partial charge in [0.25, 0.3) is 6.47 Å². The maximum Gasteiger partial charge on any atom is 0.377 e. The first kappa shape index (κ1) is 18.3. The van der Waals surface area contributed by atoms with Crippen LogP contribution in [0.2, 0.25) is 0 Å². The van der Waals surface area contributed by atoms with E-state index in [9.17, 15) is 14.4 Å². The quantitative estimate of drug-likeness (QED) is 0.253. The first-order valence-corrected chi connectivity index (χ1v) is 6.15. The molecule has 0 heterocycles. The van der Waals surface area contributed by atoms with E-state index in [0.29, 0.717) is 11.0 Å². The summed E-state index contributed by atoms with van der Waals surface area (Å²) in [6.07, 6.45) is -2.73. The number of likely N-dealkylation sites (N-methyl/N-ethyl adjacent to an activating group) is 1. The topological polar surface area (TPSA) is 99.1 Å². The predicted molar refractivity (Wildman–Crippen MR) is 67.6 cm³/mol. The molecule has 0 bridgehead atoms. The number of nitrogens with zero attached hydrogens (tertiary/aromatic N) is 1. The van der Waals surface area contributed by atoms with Crippen molar-refractivity contribution in [1.29, 1.82) is 0 Å². The molecule has 0 amide bonds. The van der Waals surface area contributed by atoms with E-state index in [4.69, 9.17) is 14.6 Å². The minimum atomic E-state index is -1.55. The van der Waals surface area contributed by atoms with Crippen LogP contribution in [-0.4, -0.2) is 74.7 Å². The first-order chi connectivity index (χ1) is 9.21. The molecule has 0 spiro atoms. The Hall–Kier alpha value is -1.67. The van der Waals surface area contributed by atoms with Crippen molar-refractivity contribution >= 4 is 18.4 Å². The lowest BCUT2D eigenvalue weighted by atomic mass is 10.3. The van der Waals surface area contributed by atoms with E-state index in [1.54, 1.807) is 6.92 Å². The highest BCUT2D eigenvalue weighted by Crippen LogP contribution is 2.05. The number of carbonyl (C=O) groups is 3. The monoisotopic (exact) mass is 292 g/mol. The van der Waals surface area contributed by atoms with Crippen LogP contribution in [0.1, 0.15) is 13.3 Å². The molecule has 2 unspecified atom stereocenters. The van der Waals surface area contributed by atoms with E-state index in [1.165, 1.54) is 0 Å². The van der Waals surface area contributed by atoms with Crippen LogP contribution in [0, 0.1) is 0 Å². The van der Waals surface area contributed by atoms with Gasteiger partial charge in [-0.05, 0) is 6.42 Å². The fourth-order valence-electron chi connectivity index (χ4n) is 1.15. The molecule has 0 radical (unpaired) electrons. The van der Waals surface area contributed by atoms with Crippen molar-refractivity contribution in [3.05, 3.63) is 0 Å². The number of carboxylic acid groups (broad SMARTS) is 1. The Morgan fingerprint density at radius 2 is 1.90 bits per heavy atom. The van der Waals surface area contributed by atoms with Gasteiger partial charge in [0, 0.05) is 0 Å². The van der Waals surface area contributed by atoms with Crippen LogP contribution in [0.3, 0.4) is 0 Å². The van der Waals surface area contributed by atoms with E-state index in [0.717, 1.165) is 0 Å². The van der Waals surface area contributed by atoms with Crippen LogP contribution in [-0.2, 0) is 28.6 Å². The third-order valence-corrected chi connectivity index (χ3v) is 2.31. The van der Waals surface area contributed by atoms with Gasteiger partial charge in [-0.2, -0.15) is 0 Å². The van der Waals surface area contributed by atoms with E-state index >= 15 is 0 Å². The largest absolute Gasteiger partial charge is 0.479 e.